The van der Waals surface area contributed by atoms with Crippen LogP contribution in [-0.2, 0) is 19.1 Å². The molecule has 2 rings (SSSR count). The number of thioether (sulfide) groups is 1. The molecule has 0 aliphatic carbocycles. The third-order valence-corrected chi connectivity index (χ3v) is 5.07. The molecule has 0 saturated carbocycles. The lowest BCUT2D eigenvalue weighted by molar-refractivity contribution is -0.141. The van der Waals surface area contributed by atoms with Gasteiger partial charge in [0.05, 0.1) is 29.7 Å². The van der Waals surface area contributed by atoms with Crippen molar-refractivity contribution in [2.45, 2.75) is 38.6 Å². The number of amides is 2. The van der Waals surface area contributed by atoms with Crippen molar-refractivity contribution in [3.8, 4) is 0 Å². The van der Waals surface area contributed by atoms with E-state index in [0.717, 1.165) is 16.0 Å². The van der Waals surface area contributed by atoms with E-state index >= 15 is 0 Å². The van der Waals surface area contributed by atoms with Crippen LogP contribution in [0.2, 0.25) is 0 Å². The Labute approximate surface area is 162 Å². The van der Waals surface area contributed by atoms with Crippen molar-refractivity contribution in [2.24, 2.45) is 0 Å². The van der Waals surface area contributed by atoms with Crippen LogP contribution in [0.1, 0.15) is 25.0 Å². The Morgan fingerprint density at radius 1 is 1.22 bits per heavy atom. The zero-order valence-electron chi connectivity index (χ0n) is 15.9. The molecule has 1 aromatic carbocycles. The third-order valence-electron chi connectivity index (χ3n) is 3.92. The smallest absolute Gasteiger partial charge is 0.338 e. The molecule has 0 unspecified atom stereocenters. The number of hydrogen-bond acceptors (Lipinski definition) is 6. The fourth-order valence-corrected chi connectivity index (χ4v) is 3.49. The van der Waals surface area contributed by atoms with Gasteiger partial charge in [0.1, 0.15) is 6.61 Å². The second-order valence-corrected chi connectivity index (χ2v) is 7.17. The second-order valence-electron chi connectivity index (χ2n) is 6.15. The normalized spacial score (nSPS) is 16.4. The first-order valence-corrected chi connectivity index (χ1v) is 9.63. The van der Waals surface area contributed by atoms with E-state index in [9.17, 15) is 14.4 Å². The number of ether oxygens (including phenoxy) is 2. The summed E-state index contributed by atoms with van der Waals surface area (Å²) in [5, 5.41) is 5.12. The van der Waals surface area contributed by atoms with Crippen LogP contribution in [0, 0.1) is 13.8 Å². The van der Waals surface area contributed by atoms with Gasteiger partial charge in [0.15, 0.2) is 0 Å². The number of rotatable bonds is 7. The molecule has 1 aliphatic heterocycles. The maximum atomic E-state index is 12.1. The molecule has 2 N–H and O–H groups in total. The number of nitrogens with one attached hydrogen (secondary N) is 2. The average Bonchev–Trinajstić information content (AvgIpc) is 2.58. The first-order valence-electron chi connectivity index (χ1n) is 8.65. The summed E-state index contributed by atoms with van der Waals surface area (Å²) in [6.45, 7) is 7.38. The molecule has 1 aromatic rings. The van der Waals surface area contributed by atoms with Crippen LogP contribution in [0.4, 0.5) is 4.79 Å². The highest BCUT2D eigenvalue weighted by atomic mass is 32.2. The SMILES string of the molecule is CCOC(=O)C1=C(COC(=O)CSc2ccc(C)cc2C)NC(=O)N[C@H]1C. The van der Waals surface area contributed by atoms with E-state index in [-0.39, 0.29) is 30.2 Å². The van der Waals surface area contributed by atoms with Crippen molar-refractivity contribution >= 4 is 29.7 Å². The standard InChI is InChI=1S/C19H24N2O5S/c1-5-25-18(23)17-13(4)20-19(24)21-14(17)9-26-16(22)10-27-15-7-6-11(2)8-12(15)3/h6-8,13H,5,9-10H2,1-4H3,(H2,20,21,24)/t13-/m0/s1. The molecule has 0 spiro atoms. The summed E-state index contributed by atoms with van der Waals surface area (Å²) in [7, 11) is 0. The zero-order chi connectivity index (χ0) is 20.0. The Morgan fingerprint density at radius 3 is 2.63 bits per heavy atom. The average molecular weight is 392 g/mol. The summed E-state index contributed by atoms with van der Waals surface area (Å²) < 4.78 is 10.3. The van der Waals surface area contributed by atoms with Crippen LogP contribution in [0.25, 0.3) is 0 Å². The van der Waals surface area contributed by atoms with Gasteiger partial charge in [-0.25, -0.2) is 9.59 Å². The maximum absolute atomic E-state index is 12.1. The van der Waals surface area contributed by atoms with E-state index in [4.69, 9.17) is 9.47 Å². The molecule has 0 radical (unpaired) electrons. The lowest BCUT2D eigenvalue weighted by atomic mass is 10.0. The Kier molecular flexibility index (Phi) is 7.29. The Hall–Kier alpha value is -2.48. The monoisotopic (exact) mass is 392 g/mol. The lowest BCUT2D eigenvalue weighted by Gasteiger charge is -2.26. The molecule has 27 heavy (non-hydrogen) atoms. The molecule has 1 aliphatic rings. The molecule has 0 aromatic heterocycles. The molecule has 7 nitrogen and oxygen atoms in total. The molecule has 1 heterocycles. The number of hydrogen-bond donors (Lipinski definition) is 2. The molecule has 2 amide bonds. The summed E-state index contributed by atoms with van der Waals surface area (Å²) in [6, 6.07) is 5.03. The second kappa shape index (κ2) is 9.45. The fraction of sp³-hybridized carbons (Fsp3) is 0.421. The van der Waals surface area contributed by atoms with E-state index in [1.807, 2.05) is 26.0 Å². The largest absolute Gasteiger partial charge is 0.463 e. The van der Waals surface area contributed by atoms with Crippen molar-refractivity contribution in [3.05, 3.63) is 40.6 Å². The van der Waals surface area contributed by atoms with Crippen LogP contribution in [0.15, 0.2) is 34.4 Å². The van der Waals surface area contributed by atoms with Gasteiger partial charge in [0, 0.05) is 4.90 Å². The van der Waals surface area contributed by atoms with Gasteiger partial charge in [-0.3, -0.25) is 4.79 Å². The maximum Gasteiger partial charge on any atom is 0.338 e. The molecule has 1 atom stereocenters. The highest BCUT2D eigenvalue weighted by molar-refractivity contribution is 8.00. The van der Waals surface area contributed by atoms with Crippen LogP contribution in [0.5, 0.6) is 0 Å². The van der Waals surface area contributed by atoms with E-state index in [1.54, 1.807) is 13.8 Å². The number of urea groups is 1. The predicted molar refractivity (Wildman–Crippen MR) is 102 cm³/mol. The highest BCUT2D eigenvalue weighted by Gasteiger charge is 2.30. The van der Waals surface area contributed by atoms with Crippen LogP contribution >= 0.6 is 11.8 Å². The van der Waals surface area contributed by atoms with E-state index in [2.05, 4.69) is 16.7 Å². The zero-order valence-corrected chi connectivity index (χ0v) is 16.7. The summed E-state index contributed by atoms with van der Waals surface area (Å²) in [4.78, 5) is 36.9. The van der Waals surface area contributed by atoms with Gasteiger partial charge in [0.2, 0.25) is 0 Å². The Morgan fingerprint density at radius 2 is 1.96 bits per heavy atom. The number of benzene rings is 1. The van der Waals surface area contributed by atoms with E-state index < -0.39 is 24.0 Å². The Balaban J connectivity index is 1.99. The number of aryl methyl sites for hydroxylation is 2. The van der Waals surface area contributed by atoms with Gasteiger partial charge in [-0.15, -0.1) is 11.8 Å². The first kappa shape index (κ1) is 20.8. The summed E-state index contributed by atoms with van der Waals surface area (Å²) >= 11 is 1.38. The number of carbonyl (C=O) groups excluding carboxylic acids is 3. The van der Waals surface area contributed by atoms with Crippen molar-refractivity contribution in [2.75, 3.05) is 19.0 Å². The summed E-state index contributed by atoms with van der Waals surface area (Å²) in [5.74, 6) is -0.849. The topological polar surface area (TPSA) is 93.7 Å². The number of esters is 2. The minimum atomic E-state index is -0.548. The van der Waals surface area contributed by atoms with Gasteiger partial charge in [0.25, 0.3) is 0 Å². The molecule has 0 bridgehead atoms. The van der Waals surface area contributed by atoms with Crippen LogP contribution < -0.4 is 10.6 Å². The Bertz CT molecular complexity index is 775. The minimum absolute atomic E-state index is 0.133. The van der Waals surface area contributed by atoms with Crippen LogP contribution in [-0.4, -0.2) is 43.0 Å². The fourth-order valence-electron chi connectivity index (χ4n) is 2.69. The highest BCUT2D eigenvalue weighted by Crippen LogP contribution is 2.23. The van der Waals surface area contributed by atoms with Crippen molar-refractivity contribution in [1.29, 1.82) is 0 Å². The summed E-state index contributed by atoms with van der Waals surface area (Å²) in [5.41, 5.74) is 2.76. The first-order chi connectivity index (χ1) is 12.8. The van der Waals surface area contributed by atoms with Crippen molar-refractivity contribution in [1.82, 2.24) is 10.6 Å². The molecule has 0 fully saturated rings. The molecular weight excluding hydrogens is 368 g/mol. The predicted octanol–water partition coefficient (Wildman–Crippen LogP) is 2.46. The molecule has 146 valence electrons. The molecular formula is C19H24N2O5S. The number of carbonyl (C=O) groups is 3. The van der Waals surface area contributed by atoms with Crippen molar-refractivity contribution < 1.29 is 23.9 Å². The van der Waals surface area contributed by atoms with Crippen LogP contribution in [0.3, 0.4) is 0 Å². The van der Waals surface area contributed by atoms with Gasteiger partial charge < -0.3 is 20.1 Å². The van der Waals surface area contributed by atoms with Gasteiger partial charge in [-0.1, -0.05) is 17.7 Å². The minimum Gasteiger partial charge on any atom is -0.463 e. The molecule has 8 heteroatoms. The summed E-state index contributed by atoms with van der Waals surface area (Å²) in [6.07, 6.45) is 0. The quantitative estimate of drug-likeness (QED) is 0.547. The lowest BCUT2D eigenvalue weighted by Crippen LogP contribution is -2.50. The van der Waals surface area contributed by atoms with Gasteiger partial charge in [-0.2, -0.15) is 0 Å². The van der Waals surface area contributed by atoms with Crippen molar-refractivity contribution in [3.63, 3.8) is 0 Å². The molecule has 0 saturated heterocycles. The van der Waals surface area contributed by atoms with Gasteiger partial charge >= 0.3 is 18.0 Å². The van der Waals surface area contributed by atoms with E-state index in [1.165, 1.54) is 11.8 Å². The third kappa shape index (κ3) is 5.75. The van der Waals surface area contributed by atoms with E-state index in [0.29, 0.717) is 0 Å². The van der Waals surface area contributed by atoms with Gasteiger partial charge in [-0.05, 0) is 39.3 Å².